The second-order valence-corrected chi connectivity index (χ2v) is 4.83. The van der Waals surface area contributed by atoms with Crippen molar-refractivity contribution in [2.45, 2.75) is 12.8 Å². The molecule has 0 aromatic heterocycles. The normalized spacial score (nSPS) is 10.3. The van der Waals surface area contributed by atoms with Crippen LogP contribution in [-0.2, 0) is 6.42 Å². The molecule has 0 bridgehead atoms. The van der Waals surface area contributed by atoms with Crippen LogP contribution >= 0.6 is 11.6 Å². The Bertz CT molecular complexity index is 605. The van der Waals surface area contributed by atoms with Crippen LogP contribution in [0.1, 0.15) is 22.3 Å². The quantitative estimate of drug-likeness (QED) is 0.768. The van der Waals surface area contributed by atoms with Crippen LogP contribution in [0.15, 0.2) is 42.5 Å². The average Bonchev–Trinajstić information content (AvgIpc) is 2.44. The van der Waals surface area contributed by atoms with E-state index in [2.05, 4.69) is 0 Å². The molecular formula is C16H14ClFO2. The number of methoxy groups -OCH3 is 1. The molecule has 20 heavy (non-hydrogen) atoms. The average molecular weight is 293 g/mol. The lowest BCUT2D eigenvalue weighted by Gasteiger charge is -2.07. The summed E-state index contributed by atoms with van der Waals surface area (Å²) in [5, 5.41) is 0.227. The highest BCUT2D eigenvalue weighted by molar-refractivity contribution is 6.31. The highest BCUT2D eigenvalue weighted by atomic mass is 35.5. The minimum absolute atomic E-state index is 0.141. The van der Waals surface area contributed by atoms with Gasteiger partial charge in [0.2, 0.25) is 0 Å². The standard InChI is InChI=1S/C16H14ClFO2/c1-20-16-5-3-2-4-11(16)6-7-15(19)12-8-13(17)10-14(18)9-12/h2-5,8-10H,6-7H2,1H3. The predicted octanol–water partition coefficient (Wildman–Crippen LogP) is 4.30. The largest absolute Gasteiger partial charge is 0.496 e. The number of aryl methyl sites for hydroxylation is 1. The molecular weight excluding hydrogens is 279 g/mol. The van der Waals surface area contributed by atoms with Gasteiger partial charge in [-0.3, -0.25) is 4.79 Å². The molecule has 0 aliphatic rings. The first-order valence-corrected chi connectivity index (χ1v) is 6.59. The van der Waals surface area contributed by atoms with Gasteiger partial charge >= 0.3 is 0 Å². The van der Waals surface area contributed by atoms with Crippen LogP contribution < -0.4 is 4.74 Å². The zero-order valence-corrected chi connectivity index (χ0v) is 11.8. The number of carbonyl (C=O) groups excluding carboxylic acids is 1. The first kappa shape index (κ1) is 14.5. The molecule has 0 unspecified atom stereocenters. The van der Waals surface area contributed by atoms with E-state index in [-0.39, 0.29) is 17.2 Å². The maximum Gasteiger partial charge on any atom is 0.163 e. The van der Waals surface area contributed by atoms with Crippen molar-refractivity contribution in [1.29, 1.82) is 0 Å². The number of benzene rings is 2. The first-order chi connectivity index (χ1) is 9.60. The van der Waals surface area contributed by atoms with Gasteiger partial charge in [0.15, 0.2) is 5.78 Å². The molecule has 0 radical (unpaired) electrons. The van der Waals surface area contributed by atoms with Crippen LogP contribution in [0, 0.1) is 5.82 Å². The topological polar surface area (TPSA) is 26.3 Å². The van der Waals surface area contributed by atoms with E-state index in [0.29, 0.717) is 12.0 Å². The summed E-state index contributed by atoms with van der Waals surface area (Å²) >= 11 is 5.75. The number of halogens is 2. The van der Waals surface area contributed by atoms with Crippen LogP contribution in [-0.4, -0.2) is 12.9 Å². The van der Waals surface area contributed by atoms with Gasteiger partial charge in [-0.1, -0.05) is 29.8 Å². The second kappa shape index (κ2) is 6.53. The van der Waals surface area contributed by atoms with Crippen LogP contribution in [0.5, 0.6) is 5.75 Å². The van der Waals surface area contributed by atoms with Gasteiger partial charge in [-0.2, -0.15) is 0 Å². The van der Waals surface area contributed by atoms with Gasteiger partial charge in [0.1, 0.15) is 11.6 Å². The fraction of sp³-hybridized carbons (Fsp3) is 0.188. The molecule has 2 rings (SSSR count). The van der Waals surface area contributed by atoms with Gasteiger partial charge in [-0.05, 0) is 36.2 Å². The van der Waals surface area contributed by atoms with Crippen molar-refractivity contribution in [3.05, 3.63) is 64.4 Å². The van der Waals surface area contributed by atoms with Gasteiger partial charge in [-0.25, -0.2) is 4.39 Å². The molecule has 0 aliphatic carbocycles. The molecule has 0 N–H and O–H groups in total. The van der Waals surface area contributed by atoms with Crippen LogP contribution in [0.25, 0.3) is 0 Å². The Morgan fingerprint density at radius 3 is 2.70 bits per heavy atom. The summed E-state index contributed by atoms with van der Waals surface area (Å²) < 4.78 is 18.4. The Kier molecular flexibility index (Phi) is 4.74. The van der Waals surface area contributed by atoms with E-state index in [0.717, 1.165) is 11.3 Å². The van der Waals surface area contributed by atoms with Crippen molar-refractivity contribution in [2.75, 3.05) is 7.11 Å². The molecule has 2 nitrogen and oxygen atoms in total. The van der Waals surface area contributed by atoms with Crippen molar-refractivity contribution in [3.8, 4) is 5.75 Å². The Morgan fingerprint density at radius 2 is 2.00 bits per heavy atom. The molecule has 2 aromatic carbocycles. The molecule has 0 spiro atoms. The lowest BCUT2D eigenvalue weighted by molar-refractivity contribution is 0.0982. The van der Waals surface area contributed by atoms with Crippen molar-refractivity contribution < 1.29 is 13.9 Å². The lowest BCUT2D eigenvalue weighted by atomic mass is 10.0. The number of hydrogen-bond acceptors (Lipinski definition) is 2. The number of para-hydroxylation sites is 1. The van der Waals surface area contributed by atoms with Crippen LogP contribution in [0.2, 0.25) is 5.02 Å². The molecule has 0 heterocycles. The number of carbonyl (C=O) groups is 1. The van der Waals surface area contributed by atoms with Gasteiger partial charge in [0.05, 0.1) is 7.11 Å². The third kappa shape index (κ3) is 3.58. The number of ketones is 1. The zero-order chi connectivity index (χ0) is 14.5. The Morgan fingerprint density at radius 1 is 1.25 bits per heavy atom. The summed E-state index contributed by atoms with van der Waals surface area (Å²) in [6.07, 6.45) is 0.817. The Labute approximate surface area is 122 Å². The summed E-state index contributed by atoms with van der Waals surface area (Å²) in [4.78, 5) is 12.1. The highest BCUT2D eigenvalue weighted by Crippen LogP contribution is 2.21. The molecule has 2 aromatic rings. The summed E-state index contributed by atoms with van der Waals surface area (Å²) in [6, 6.07) is 11.4. The fourth-order valence-corrected chi connectivity index (χ4v) is 2.24. The zero-order valence-electron chi connectivity index (χ0n) is 11.0. The third-order valence-corrected chi connectivity index (χ3v) is 3.22. The molecule has 0 fully saturated rings. The smallest absolute Gasteiger partial charge is 0.163 e. The Hall–Kier alpha value is -1.87. The third-order valence-electron chi connectivity index (χ3n) is 3.00. The van der Waals surface area contributed by atoms with Gasteiger partial charge in [0, 0.05) is 17.0 Å². The number of rotatable bonds is 5. The van der Waals surface area contributed by atoms with Crippen molar-refractivity contribution in [2.24, 2.45) is 0 Å². The van der Waals surface area contributed by atoms with E-state index in [4.69, 9.17) is 16.3 Å². The minimum Gasteiger partial charge on any atom is -0.496 e. The number of hydrogen-bond donors (Lipinski definition) is 0. The molecule has 0 amide bonds. The van der Waals surface area contributed by atoms with Crippen molar-refractivity contribution in [1.82, 2.24) is 0 Å². The number of Topliss-reactive ketones (excluding diaryl/α,β-unsaturated/α-hetero) is 1. The second-order valence-electron chi connectivity index (χ2n) is 4.39. The molecule has 0 saturated carbocycles. The maximum atomic E-state index is 13.2. The molecule has 104 valence electrons. The summed E-state index contributed by atoms with van der Waals surface area (Å²) in [5.74, 6) is 0.105. The van der Waals surface area contributed by atoms with E-state index in [1.54, 1.807) is 7.11 Å². The van der Waals surface area contributed by atoms with E-state index in [1.807, 2.05) is 24.3 Å². The van der Waals surface area contributed by atoms with Crippen molar-refractivity contribution >= 4 is 17.4 Å². The van der Waals surface area contributed by atoms with E-state index >= 15 is 0 Å². The SMILES string of the molecule is COc1ccccc1CCC(=O)c1cc(F)cc(Cl)c1. The highest BCUT2D eigenvalue weighted by Gasteiger charge is 2.10. The Balaban J connectivity index is 2.08. The predicted molar refractivity (Wildman–Crippen MR) is 77.1 cm³/mol. The summed E-state index contributed by atoms with van der Waals surface area (Å²) in [6.45, 7) is 0. The van der Waals surface area contributed by atoms with E-state index < -0.39 is 5.82 Å². The van der Waals surface area contributed by atoms with E-state index in [1.165, 1.54) is 18.2 Å². The van der Waals surface area contributed by atoms with Crippen molar-refractivity contribution in [3.63, 3.8) is 0 Å². The first-order valence-electron chi connectivity index (χ1n) is 6.21. The molecule has 0 saturated heterocycles. The van der Waals surface area contributed by atoms with Crippen LogP contribution in [0.4, 0.5) is 4.39 Å². The van der Waals surface area contributed by atoms with Gasteiger partial charge in [0.25, 0.3) is 0 Å². The monoisotopic (exact) mass is 292 g/mol. The molecule has 4 heteroatoms. The maximum absolute atomic E-state index is 13.2. The summed E-state index contributed by atoms with van der Waals surface area (Å²) in [7, 11) is 1.59. The van der Waals surface area contributed by atoms with Crippen LogP contribution in [0.3, 0.4) is 0 Å². The number of ether oxygens (including phenoxy) is 1. The van der Waals surface area contributed by atoms with E-state index in [9.17, 15) is 9.18 Å². The molecule has 0 atom stereocenters. The van der Waals surface area contributed by atoms with Gasteiger partial charge < -0.3 is 4.74 Å². The fourth-order valence-electron chi connectivity index (χ4n) is 2.02. The molecule has 0 aliphatic heterocycles. The minimum atomic E-state index is -0.502. The summed E-state index contributed by atoms with van der Waals surface area (Å²) in [5.41, 5.74) is 1.25. The van der Waals surface area contributed by atoms with Gasteiger partial charge in [-0.15, -0.1) is 0 Å². The lowest BCUT2D eigenvalue weighted by Crippen LogP contribution is -2.03.